The lowest BCUT2D eigenvalue weighted by atomic mass is 9.87. The SMILES string of the molecule is COc1cc(OC)cc(C2NCCc3c(C)cccc32)c1. The molecule has 3 heteroatoms. The maximum atomic E-state index is 5.39. The van der Waals surface area contributed by atoms with Gasteiger partial charge >= 0.3 is 0 Å². The molecule has 3 rings (SSSR count). The molecule has 1 N–H and O–H groups in total. The first-order valence-corrected chi connectivity index (χ1v) is 7.27. The molecule has 110 valence electrons. The van der Waals surface area contributed by atoms with Gasteiger partial charge in [-0.1, -0.05) is 18.2 Å². The Hall–Kier alpha value is -2.00. The first-order valence-electron chi connectivity index (χ1n) is 7.27. The Bertz CT molecular complexity index is 629. The van der Waals surface area contributed by atoms with Crippen LogP contribution in [-0.4, -0.2) is 20.8 Å². The van der Waals surface area contributed by atoms with Gasteiger partial charge in [0.05, 0.1) is 20.3 Å². The minimum Gasteiger partial charge on any atom is -0.497 e. The fraction of sp³-hybridized carbons (Fsp3) is 0.333. The summed E-state index contributed by atoms with van der Waals surface area (Å²) in [5.41, 5.74) is 5.37. The fourth-order valence-corrected chi connectivity index (χ4v) is 3.08. The Morgan fingerprint density at radius 1 is 1.05 bits per heavy atom. The highest BCUT2D eigenvalue weighted by molar-refractivity contribution is 5.47. The van der Waals surface area contributed by atoms with Crippen molar-refractivity contribution in [1.82, 2.24) is 5.32 Å². The van der Waals surface area contributed by atoms with Gasteiger partial charge in [-0.3, -0.25) is 0 Å². The molecule has 0 aromatic heterocycles. The van der Waals surface area contributed by atoms with Crippen LogP contribution in [0.1, 0.15) is 28.3 Å². The Morgan fingerprint density at radius 2 is 1.76 bits per heavy atom. The van der Waals surface area contributed by atoms with E-state index in [0.29, 0.717) is 0 Å². The lowest BCUT2D eigenvalue weighted by molar-refractivity contribution is 0.392. The van der Waals surface area contributed by atoms with E-state index in [1.54, 1.807) is 14.2 Å². The van der Waals surface area contributed by atoms with Crippen LogP contribution in [0.4, 0.5) is 0 Å². The van der Waals surface area contributed by atoms with Crippen LogP contribution >= 0.6 is 0 Å². The zero-order chi connectivity index (χ0) is 14.8. The molecule has 0 spiro atoms. The Kier molecular flexibility index (Phi) is 3.84. The van der Waals surface area contributed by atoms with Crippen molar-refractivity contribution >= 4 is 0 Å². The molecule has 0 radical (unpaired) electrons. The van der Waals surface area contributed by atoms with Gasteiger partial charge in [0, 0.05) is 12.6 Å². The zero-order valence-corrected chi connectivity index (χ0v) is 12.8. The van der Waals surface area contributed by atoms with Crippen LogP contribution in [0.25, 0.3) is 0 Å². The average Bonchev–Trinajstić information content (AvgIpc) is 2.54. The van der Waals surface area contributed by atoms with Gasteiger partial charge in [-0.15, -0.1) is 0 Å². The van der Waals surface area contributed by atoms with Gasteiger partial charge in [-0.05, 0) is 47.7 Å². The predicted molar refractivity (Wildman–Crippen MR) is 84.3 cm³/mol. The van der Waals surface area contributed by atoms with Crippen LogP contribution in [0, 0.1) is 6.92 Å². The second-order valence-electron chi connectivity index (χ2n) is 5.43. The summed E-state index contributed by atoms with van der Waals surface area (Å²) in [6.07, 6.45) is 1.08. The second kappa shape index (κ2) is 5.78. The summed E-state index contributed by atoms with van der Waals surface area (Å²) >= 11 is 0. The van der Waals surface area contributed by atoms with E-state index in [1.807, 2.05) is 6.07 Å². The van der Waals surface area contributed by atoms with Gasteiger partial charge in [0.15, 0.2) is 0 Å². The molecule has 1 unspecified atom stereocenters. The van der Waals surface area contributed by atoms with Crippen LogP contribution in [0.2, 0.25) is 0 Å². The molecular formula is C18H21NO2. The van der Waals surface area contributed by atoms with Crippen molar-refractivity contribution in [1.29, 1.82) is 0 Å². The Labute approximate surface area is 125 Å². The number of ether oxygens (including phenoxy) is 2. The molecule has 1 heterocycles. The van der Waals surface area contributed by atoms with E-state index >= 15 is 0 Å². The molecule has 1 aliphatic rings. The van der Waals surface area contributed by atoms with Crippen LogP contribution in [0.5, 0.6) is 11.5 Å². The molecule has 3 nitrogen and oxygen atoms in total. The highest BCUT2D eigenvalue weighted by atomic mass is 16.5. The largest absolute Gasteiger partial charge is 0.497 e. The molecule has 0 amide bonds. The van der Waals surface area contributed by atoms with Gasteiger partial charge in [0.2, 0.25) is 0 Å². The van der Waals surface area contributed by atoms with E-state index in [2.05, 4.69) is 42.6 Å². The van der Waals surface area contributed by atoms with Gasteiger partial charge in [-0.2, -0.15) is 0 Å². The number of fused-ring (bicyclic) bond motifs is 1. The summed E-state index contributed by atoms with van der Waals surface area (Å²) in [6.45, 7) is 3.18. The lowest BCUT2D eigenvalue weighted by Crippen LogP contribution is -2.31. The average molecular weight is 283 g/mol. The third-order valence-electron chi connectivity index (χ3n) is 4.19. The molecule has 2 aromatic rings. The molecule has 0 saturated carbocycles. The maximum Gasteiger partial charge on any atom is 0.122 e. The molecule has 1 aliphatic heterocycles. The predicted octanol–water partition coefficient (Wildman–Crippen LogP) is 3.25. The molecule has 0 aliphatic carbocycles. The van der Waals surface area contributed by atoms with E-state index in [9.17, 15) is 0 Å². The van der Waals surface area contributed by atoms with Crippen LogP contribution in [0.3, 0.4) is 0 Å². The number of nitrogens with one attached hydrogen (secondary N) is 1. The lowest BCUT2D eigenvalue weighted by Gasteiger charge is -2.29. The summed E-state index contributed by atoms with van der Waals surface area (Å²) in [5.74, 6) is 1.65. The standard InChI is InChI=1S/C18H21NO2/c1-12-5-4-6-17-16(12)7-8-19-18(17)13-9-14(20-2)11-15(10-13)21-3/h4-6,9-11,18-19H,7-8H2,1-3H3. The summed E-state index contributed by atoms with van der Waals surface area (Å²) in [4.78, 5) is 0. The van der Waals surface area contributed by atoms with E-state index in [-0.39, 0.29) is 6.04 Å². The number of benzene rings is 2. The minimum atomic E-state index is 0.192. The van der Waals surface area contributed by atoms with Crippen LogP contribution < -0.4 is 14.8 Å². The Morgan fingerprint density at radius 3 is 2.43 bits per heavy atom. The summed E-state index contributed by atoms with van der Waals surface area (Å²) in [5, 5.41) is 3.61. The molecule has 2 aromatic carbocycles. The normalized spacial score (nSPS) is 17.2. The van der Waals surface area contributed by atoms with E-state index in [4.69, 9.17) is 9.47 Å². The van der Waals surface area contributed by atoms with Crippen molar-refractivity contribution in [3.05, 3.63) is 58.7 Å². The van der Waals surface area contributed by atoms with E-state index in [0.717, 1.165) is 24.5 Å². The van der Waals surface area contributed by atoms with E-state index < -0.39 is 0 Å². The summed E-state index contributed by atoms with van der Waals surface area (Å²) in [6, 6.07) is 12.8. The van der Waals surface area contributed by atoms with Crippen molar-refractivity contribution in [3.8, 4) is 11.5 Å². The third-order valence-corrected chi connectivity index (χ3v) is 4.19. The highest BCUT2D eigenvalue weighted by Crippen LogP contribution is 2.34. The molecule has 0 saturated heterocycles. The second-order valence-corrected chi connectivity index (χ2v) is 5.43. The summed E-state index contributed by atoms with van der Waals surface area (Å²) < 4.78 is 10.8. The number of methoxy groups -OCH3 is 2. The number of hydrogen-bond acceptors (Lipinski definition) is 3. The van der Waals surface area contributed by atoms with E-state index in [1.165, 1.54) is 22.3 Å². The van der Waals surface area contributed by atoms with Gasteiger partial charge < -0.3 is 14.8 Å². The summed E-state index contributed by atoms with van der Waals surface area (Å²) in [7, 11) is 3.37. The van der Waals surface area contributed by atoms with Crippen molar-refractivity contribution in [2.75, 3.05) is 20.8 Å². The van der Waals surface area contributed by atoms with Crippen molar-refractivity contribution in [2.45, 2.75) is 19.4 Å². The monoisotopic (exact) mass is 283 g/mol. The minimum absolute atomic E-state index is 0.192. The highest BCUT2D eigenvalue weighted by Gasteiger charge is 2.23. The molecular weight excluding hydrogens is 262 g/mol. The van der Waals surface area contributed by atoms with Crippen molar-refractivity contribution in [2.24, 2.45) is 0 Å². The Balaban J connectivity index is 2.08. The number of aryl methyl sites for hydroxylation is 1. The van der Waals surface area contributed by atoms with Crippen molar-refractivity contribution < 1.29 is 9.47 Å². The molecule has 0 fully saturated rings. The first-order chi connectivity index (χ1) is 10.2. The molecule has 1 atom stereocenters. The smallest absolute Gasteiger partial charge is 0.122 e. The topological polar surface area (TPSA) is 30.5 Å². The maximum absolute atomic E-state index is 5.39. The van der Waals surface area contributed by atoms with Crippen molar-refractivity contribution in [3.63, 3.8) is 0 Å². The molecule has 0 bridgehead atoms. The molecule has 21 heavy (non-hydrogen) atoms. The van der Waals surface area contributed by atoms with Gasteiger partial charge in [0.25, 0.3) is 0 Å². The first kappa shape index (κ1) is 14.0. The van der Waals surface area contributed by atoms with Crippen LogP contribution in [-0.2, 0) is 6.42 Å². The zero-order valence-electron chi connectivity index (χ0n) is 12.8. The van der Waals surface area contributed by atoms with Gasteiger partial charge in [0.1, 0.15) is 11.5 Å². The fourth-order valence-electron chi connectivity index (χ4n) is 3.08. The number of hydrogen-bond donors (Lipinski definition) is 1. The van der Waals surface area contributed by atoms with Gasteiger partial charge in [-0.25, -0.2) is 0 Å². The third kappa shape index (κ3) is 2.61. The quantitative estimate of drug-likeness (QED) is 0.938. The number of rotatable bonds is 3. The van der Waals surface area contributed by atoms with Crippen LogP contribution in [0.15, 0.2) is 36.4 Å².